The maximum Gasteiger partial charge on any atom is 0.238 e. The van der Waals surface area contributed by atoms with Gasteiger partial charge in [-0.2, -0.15) is 5.26 Å². The highest BCUT2D eigenvalue weighted by atomic mass is 16.2. The molecule has 0 aliphatic carbocycles. The van der Waals surface area contributed by atoms with Crippen molar-refractivity contribution in [1.29, 1.82) is 5.26 Å². The molecule has 0 radical (unpaired) electrons. The van der Waals surface area contributed by atoms with Crippen molar-refractivity contribution in [3.8, 4) is 6.07 Å². The number of nitrogens with one attached hydrogen (secondary N) is 1. The van der Waals surface area contributed by atoms with Crippen LogP contribution in [-0.2, 0) is 9.59 Å². The molecule has 1 N–H and O–H groups in total. The molecule has 6 heteroatoms. The summed E-state index contributed by atoms with van der Waals surface area (Å²) in [6, 6.07) is 7.91. The van der Waals surface area contributed by atoms with E-state index in [0.717, 1.165) is 16.8 Å². The molecule has 0 fully saturated rings. The molecule has 0 atom stereocenters. The van der Waals surface area contributed by atoms with E-state index < -0.39 is 5.54 Å². The van der Waals surface area contributed by atoms with E-state index in [1.54, 1.807) is 32.8 Å². The molecule has 0 aliphatic heterocycles. The van der Waals surface area contributed by atoms with Gasteiger partial charge in [0.2, 0.25) is 11.8 Å². The molecule has 24 heavy (non-hydrogen) atoms. The minimum atomic E-state index is -0.877. The van der Waals surface area contributed by atoms with Gasteiger partial charge in [0, 0.05) is 12.7 Å². The van der Waals surface area contributed by atoms with Crippen LogP contribution in [0.25, 0.3) is 0 Å². The molecule has 1 aromatic rings. The quantitative estimate of drug-likeness (QED) is 0.865. The van der Waals surface area contributed by atoms with E-state index in [-0.39, 0.29) is 24.9 Å². The summed E-state index contributed by atoms with van der Waals surface area (Å²) in [5.41, 5.74) is 1.93. The van der Waals surface area contributed by atoms with Crippen LogP contribution in [0.1, 0.15) is 25.0 Å². The Kier molecular flexibility index (Phi) is 6.50. The lowest BCUT2D eigenvalue weighted by Crippen LogP contribution is -2.48. The summed E-state index contributed by atoms with van der Waals surface area (Å²) >= 11 is 0. The van der Waals surface area contributed by atoms with Crippen LogP contribution in [-0.4, -0.2) is 54.3 Å². The first-order valence-corrected chi connectivity index (χ1v) is 7.81. The predicted octanol–water partition coefficient (Wildman–Crippen LogP) is 1.93. The van der Waals surface area contributed by atoms with Crippen LogP contribution in [0.4, 0.5) is 5.69 Å². The Morgan fingerprint density at radius 1 is 1.17 bits per heavy atom. The Hall–Kier alpha value is -2.39. The number of nitrogens with zero attached hydrogens (tertiary/aromatic N) is 3. The molecule has 0 spiro atoms. The Morgan fingerprint density at radius 2 is 1.71 bits per heavy atom. The molecule has 2 amide bonds. The van der Waals surface area contributed by atoms with Gasteiger partial charge in [-0.05, 0) is 45.9 Å². The van der Waals surface area contributed by atoms with Crippen molar-refractivity contribution in [2.75, 3.05) is 32.5 Å². The number of likely N-dealkylation sites (N-methyl/N-ethyl adjacent to an activating group) is 2. The average Bonchev–Trinajstić information content (AvgIpc) is 2.50. The number of hydrogen-bond acceptors (Lipinski definition) is 4. The lowest BCUT2D eigenvalue weighted by molar-refractivity contribution is -0.134. The van der Waals surface area contributed by atoms with E-state index >= 15 is 0 Å². The van der Waals surface area contributed by atoms with Crippen molar-refractivity contribution in [3.63, 3.8) is 0 Å². The molecule has 0 heterocycles. The Balaban J connectivity index is 2.62. The second-order valence-electron chi connectivity index (χ2n) is 6.61. The summed E-state index contributed by atoms with van der Waals surface area (Å²) in [6.45, 7) is 7.41. The van der Waals surface area contributed by atoms with Crippen molar-refractivity contribution in [2.24, 2.45) is 0 Å². The normalized spacial score (nSPS) is 11.1. The topological polar surface area (TPSA) is 76.4 Å². The first-order valence-electron chi connectivity index (χ1n) is 7.81. The molecule has 130 valence electrons. The van der Waals surface area contributed by atoms with Gasteiger partial charge in [-0.1, -0.05) is 18.2 Å². The molecular weight excluding hydrogens is 304 g/mol. The van der Waals surface area contributed by atoms with Gasteiger partial charge < -0.3 is 10.2 Å². The Morgan fingerprint density at radius 3 is 2.21 bits per heavy atom. The molecule has 0 saturated heterocycles. The molecule has 0 aliphatic rings. The molecule has 0 saturated carbocycles. The van der Waals surface area contributed by atoms with Crippen LogP contribution in [0.2, 0.25) is 0 Å². The van der Waals surface area contributed by atoms with Gasteiger partial charge in [0.25, 0.3) is 0 Å². The Labute approximate surface area is 144 Å². The third-order valence-corrected chi connectivity index (χ3v) is 4.05. The molecule has 0 bridgehead atoms. The van der Waals surface area contributed by atoms with Crippen LogP contribution >= 0.6 is 0 Å². The van der Waals surface area contributed by atoms with Gasteiger partial charge in [0.1, 0.15) is 5.54 Å². The maximum absolute atomic E-state index is 12.2. The van der Waals surface area contributed by atoms with E-state index in [9.17, 15) is 9.59 Å². The predicted molar refractivity (Wildman–Crippen MR) is 94.5 cm³/mol. The Bertz CT molecular complexity index is 641. The van der Waals surface area contributed by atoms with E-state index in [1.165, 1.54) is 4.90 Å². The van der Waals surface area contributed by atoms with Gasteiger partial charge in [-0.25, -0.2) is 0 Å². The third-order valence-electron chi connectivity index (χ3n) is 4.05. The highest BCUT2D eigenvalue weighted by Gasteiger charge is 2.27. The summed E-state index contributed by atoms with van der Waals surface area (Å²) < 4.78 is 0. The zero-order valence-electron chi connectivity index (χ0n) is 15.3. The largest absolute Gasteiger partial charge is 0.326 e. The van der Waals surface area contributed by atoms with Crippen molar-refractivity contribution < 1.29 is 9.59 Å². The number of benzene rings is 1. The molecule has 0 unspecified atom stereocenters. The summed E-state index contributed by atoms with van der Waals surface area (Å²) in [7, 11) is 3.30. The van der Waals surface area contributed by atoms with E-state index in [4.69, 9.17) is 5.26 Å². The molecule has 1 aromatic carbocycles. The number of para-hydroxylation sites is 1. The highest BCUT2D eigenvalue weighted by molar-refractivity contribution is 5.94. The number of nitriles is 1. The maximum atomic E-state index is 12.2. The second-order valence-corrected chi connectivity index (χ2v) is 6.61. The smallest absolute Gasteiger partial charge is 0.238 e. The number of carbonyl (C=O) groups excluding carboxylic acids is 2. The number of anilines is 1. The van der Waals surface area contributed by atoms with E-state index in [1.807, 2.05) is 32.0 Å². The van der Waals surface area contributed by atoms with Crippen LogP contribution in [0.5, 0.6) is 0 Å². The third kappa shape index (κ3) is 5.07. The lowest BCUT2D eigenvalue weighted by atomic mass is 10.1. The van der Waals surface area contributed by atoms with Crippen LogP contribution in [0, 0.1) is 25.2 Å². The van der Waals surface area contributed by atoms with Crippen LogP contribution in [0.3, 0.4) is 0 Å². The average molecular weight is 330 g/mol. The molecule has 0 aromatic heterocycles. The summed E-state index contributed by atoms with van der Waals surface area (Å²) in [5.74, 6) is -0.381. The van der Waals surface area contributed by atoms with Gasteiger partial charge in [-0.15, -0.1) is 0 Å². The van der Waals surface area contributed by atoms with Crippen molar-refractivity contribution in [3.05, 3.63) is 29.3 Å². The minimum absolute atomic E-state index is 0.0712. The van der Waals surface area contributed by atoms with Crippen molar-refractivity contribution in [2.45, 2.75) is 33.2 Å². The summed E-state index contributed by atoms with van der Waals surface area (Å²) in [5, 5.41) is 12.0. The van der Waals surface area contributed by atoms with E-state index in [2.05, 4.69) is 11.4 Å². The van der Waals surface area contributed by atoms with Crippen molar-refractivity contribution >= 4 is 17.5 Å². The minimum Gasteiger partial charge on any atom is -0.326 e. The number of hydrogen-bond donors (Lipinski definition) is 1. The molecule has 1 rings (SSSR count). The number of rotatable bonds is 6. The second kappa shape index (κ2) is 7.93. The van der Waals surface area contributed by atoms with Gasteiger partial charge >= 0.3 is 0 Å². The SMILES string of the molecule is Cc1cccc(C)c1NC(=O)CN(C)CC(=O)N(C)C(C)(C)C#N. The van der Waals surface area contributed by atoms with E-state index in [0.29, 0.717) is 0 Å². The molecular formula is C18H26N4O2. The van der Waals surface area contributed by atoms with Crippen LogP contribution in [0.15, 0.2) is 18.2 Å². The van der Waals surface area contributed by atoms with Gasteiger partial charge in [-0.3, -0.25) is 14.5 Å². The highest BCUT2D eigenvalue weighted by Crippen LogP contribution is 2.19. The number of carbonyl (C=O) groups is 2. The van der Waals surface area contributed by atoms with Crippen LogP contribution < -0.4 is 5.32 Å². The monoisotopic (exact) mass is 330 g/mol. The number of aryl methyl sites for hydroxylation is 2. The first kappa shape index (κ1) is 19.7. The summed E-state index contributed by atoms with van der Waals surface area (Å²) in [6.07, 6.45) is 0. The van der Waals surface area contributed by atoms with Gasteiger partial charge in [0.05, 0.1) is 19.2 Å². The first-order chi connectivity index (χ1) is 11.1. The van der Waals surface area contributed by atoms with Crippen molar-refractivity contribution in [1.82, 2.24) is 9.80 Å². The van der Waals surface area contributed by atoms with Gasteiger partial charge in [0.15, 0.2) is 0 Å². The zero-order chi connectivity index (χ0) is 18.5. The summed E-state index contributed by atoms with van der Waals surface area (Å²) in [4.78, 5) is 27.4. The lowest BCUT2D eigenvalue weighted by Gasteiger charge is -2.30. The zero-order valence-corrected chi connectivity index (χ0v) is 15.3. The fraction of sp³-hybridized carbons (Fsp3) is 0.500. The fourth-order valence-electron chi connectivity index (χ4n) is 2.22. The standard InChI is InChI=1S/C18H26N4O2/c1-13-8-7-9-14(2)17(13)20-15(23)10-21(5)11-16(24)22(6)18(3,4)12-19/h7-9H,10-11H2,1-6H3,(H,20,23). The fourth-order valence-corrected chi connectivity index (χ4v) is 2.22. The number of amides is 2. The molecule has 6 nitrogen and oxygen atoms in total.